The minimum atomic E-state index is 0.967. The average molecular weight is 181 g/mol. The highest BCUT2D eigenvalue weighted by molar-refractivity contribution is 5.10. The van der Waals surface area contributed by atoms with Crippen LogP contribution in [0.1, 0.15) is 38.5 Å². The topological polar surface area (TPSA) is 64.1 Å². The summed E-state index contributed by atoms with van der Waals surface area (Å²) in [7, 11) is 0. The molecule has 0 heterocycles. The van der Waals surface area contributed by atoms with Crippen molar-refractivity contribution in [3.05, 3.63) is 11.4 Å². The summed E-state index contributed by atoms with van der Waals surface area (Å²) in [6.45, 7) is 0. The Kier molecular flexibility index (Phi) is 2.44. The number of hydrogen-bond donors (Lipinski definition) is 3. The molecule has 1 fully saturated rings. The van der Waals surface area contributed by atoms with Gasteiger partial charge >= 0.3 is 0 Å². The molecular formula is C10H19N3. The van der Waals surface area contributed by atoms with Crippen LogP contribution in [0.25, 0.3) is 0 Å². The van der Waals surface area contributed by atoms with Crippen LogP contribution in [0.3, 0.4) is 0 Å². The van der Waals surface area contributed by atoms with Crippen molar-refractivity contribution in [1.82, 2.24) is 5.43 Å². The first kappa shape index (κ1) is 8.88. The standard InChI is InChI=1S/C10H19N3/c11-9-3-1-2-7-6-8(7)4-5-10(9)13-12/h7-8,13H,1-6,11-12H2/b10-9-. The molecule has 0 radical (unpaired) electrons. The van der Waals surface area contributed by atoms with E-state index in [4.69, 9.17) is 11.6 Å². The fourth-order valence-corrected chi connectivity index (χ4v) is 2.38. The molecule has 0 aliphatic heterocycles. The molecule has 0 aromatic rings. The summed E-state index contributed by atoms with van der Waals surface area (Å²) in [5, 5.41) is 0. The van der Waals surface area contributed by atoms with Gasteiger partial charge in [0.05, 0.1) is 0 Å². The molecule has 74 valence electrons. The molecule has 0 amide bonds. The predicted molar refractivity (Wildman–Crippen MR) is 53.2 cm³/mol. The molecule has 2 atom stereocenters. The average Bonchev–Trinajstić information content (AvgIpc) is 2.84. The molecule has 13 heavy (non-hydrogen) atoms. The van der Waals surface area contributed by atoms with Gasteiger partial charge in [0.1, 0.15) is 0 Å². The number of nitrogens with two attached hydrogens (primary N) is 2. The smallest absolute Gasteiger partial charge is 0.0446 e. The summed E-state index contributed by atoms with van der Waals surface area (Å²) >= 11 is 0. The van der Waals surface area contributed by atoms with E-state index in [0.29, 0.717) is 0 Å². The van der Waals surface area contributed by atoms with Crippen LogP contribution in [0, 0.1) is 11.8 Å². The molecule has 3 heteroatoms. The van der Waals surface area contributed by atoms with Crippen molar-refractivity contribution >= 4 is 0 Å². The number of allylic oxidation sites excluding steroid dienone is 2. The zero-order valence-electron chi connectivity index (χ0n) is 8.05. The van der Waals surface area contributed by atoms with Gasteiger partial charge in [-0.1, -0.05) is 0 Å². The normalized spacial score (nSPS) is 39.8. The van der Waals surface area contributed by atoms with Crippen molar-refractivity contribution in [3.8, 4) is 0 Å². The minimum Gasteiger partial charge on any atom is -0.401 e. The first-order chi connectivity index (χ1) is 6.31. The van der Waals surface area contributed by atoms with Crippen LogP contribution in [-0.2, 0) is 0 Å². The fraction of sp³-hybridized carbons (Fsp3) is 0.800. The van der Waals surface area contributed by atoms with E-state index in [0.717, 1.165) is 36.1 Å². The zero-order chi connectivity index (χ0) is 9.26. The second-order valence-corrected chi connectivity index (χ2v) is 4.33. The number of nitrogens with one attached hydrogen (secondary N) is 1. The van der Waals surface area contributed by atoms with Crippen molar-refractivity contribution < 1.29 is 0 Å². The molecule has 2 aliphatic carbocycles. The van der Waals surface area contributed by atoms with Crippen LogP contribution in [0.15, 0.2) is 11.4 Å². The molecule has 0 aromatic heterocycles. The van der Waals surface area contributed by atoms with Gasteiger partial charge in [0.2, 0.25) is 0 Å². The van der Waals surface area contributed by atoms with Crippen LogP contribution in [0.2, 0.25) is 0 Å². The molecule has 0 bridgehead atoms. The summed E-state index contributed by atoms with van der Waals surface area (Å²) < 4.78 is 0. The minimum absolute atomic E-state index is 0.967. The summed E-state index contributed by atoms with van der Waals surface area (Å²) in [5.74, 6) is 7.41. The van der Waals surface area contributed by atoms with Crippen LogP contribution in [-0.4, -0.2) is 0 Å². The lowest BCUT2D eigenvalue weighted by Gasteiger charge is -2.09. The van der Waals surface area contributed by atoms with E-state index in [2.05, 4.69) is 5.43 Å². The highest BCUT2D eigenvalue weighted by atomic mass is 15.2. The predicted octanol–water partition coefficient (Wildman–Crippen LogP) is 1.22. The first-order valence-electron chi connectivity index (χ1n) is 5.25. The largest absolute Gasteiger partial charge is 0.401 e. The van der Waals surface area contributed by atoms with E-state index in [1.54, 1.807) is 0 Å². The molecule has 5 N–H and O–H groups in total. The Morgan fingerprint density at radius 3 is 2.69 bits per heavy atom. The SMILES string of the molecule is NN/C1=C(\N)CCCC2CC2CC1. The van der Waals surface area contributed by atoms with Gasteiger partial charge in [-0.25, -0.2) is 0 Å². The third-order valence-electron chi connectivity index (χ3n) is 3.42. The van der Waals surface area contributed by atoms with Gasteiger partial charge in [-0.15, -0.1) is 0 Å². The van der Waals surface area contributed by atoms with E-state index in [1.165, 1.54) is 25.7 Å². The van der Waals surface area contributed by atoms with Crippen molar-refractivity contribution in [2.75, 3.05) is 0 Å². The molecule has 2 aliphatic rings. The summed E-state index contributed by atoms with van der Waals surface area (Å²) in [4.78, 5) is 0. The molecule has 3 nitrogen and oxygen atoms in total. The van der Waals surface area contributed by atoms with Gasteiger partial charge in [0.25, 0.3) is 0 Å². The van der Waals surface area contributed by atoms with E-state index in [1.807, 2.05) is 0 Å². The monoisotopic (exact) mass is 181 g/mol. The van der Waals surface area contributed by atoms with Crippen LogP contribution in [0.4, 0.5) is 0 Å². The fourth-order valence-electron chi connectivity index (χ4n) is 2.38. The zero-order valence-corrected chi connectivity index (χ0v) is 8.05. The lowest BCUT2D eigenvalue weighted by Crippen LogP contribution is -2.25. The summed E-state index contributed by atoms with van der Waals surface area (Å²) in [6.07, 6.45) is 7.37. The van der Waals surface area contributed by atoms with Gasteiger partial charge in [0.15, 0.2) is 0 Å². The molecule has 0 saturated heterocycles. The van der Waals surface area contributed by atoms with Gasteiger partial charge < -0.3 is 11.2 Å². The maximum atomic E-state index is 5.93. The maximum Gasteiger partial charge on any atom is 0.0446 e. The van der Waals surface area contributed by atoms with Crippen molar-refractivity contribution in [1.29, 1.82) is 0 Å². The van der Waals surface area contributed by atoms with Crippen molar-refractivity contribution in [3.63, 3.8) is 0 Å². The Morgan fingerprint density at radius 2 is 1.92 bits per heavy atom. The van der Waals surface area contributed by atoms with E-state index < -0.39 is 0 Å². The van der Waals surface area contributed by atoms with Gasteiger partial charge in [-0.2, -0.15) is 0 Å². The number of hydrogen-bond acceptors (Lipinski definition) is 3. The number of hydrazine groups is 1. The number of fused-ring (bicyclic) bond motifs is 1. The third kappa shape index (κ3) is 1.97. The third-order valence-corrected chi connectivity index (χ3v) is 3.42. The maximum absolute atomic E-state index is 5.93. The van der Waals surface area contributed by atoms with E-state index >= 15 is 0 Å². The molecule has 0 aromatic carbocycles. The Bertz CT molecular complexity index is 222. The Labute approximate surface area is 79.5 Å². The molecule has 2 rings (SSSR count). The van der Waals surface area contributed by atoms with Gasteiger partial charge in [-0.05, 0) is 50.4 Å². The van der Waals surface area contributed by atoms with Gasteiger partial charge in [0, 0.05) is 11.4 Å². The Hall–Kier alpha value is -0.700. The summed E-state index contributed by atoms with van der Waals surface area (Å²) in [5.41, 5.74) is 10.7. The number of rotatable bonds is 1. The van der Waals surface area contributed by atoms with Crippen LogP contribution >= 0.6 is 0 Å². The van der Waals surface area contributed by atoms with Gasteiger partial charge in [-0.3, -0.25) is 5.84 Å². The highest BCUT2D eigenvalue weighted by Crippen LogP contribution is 2.46. The molecule has 2 unspecified atom stereocenters. The second-order valence-electron chi connectivity index (χ2n) is 4.33. The van der Waals surface area contributed by atoms with Crippen molar-refractivity contribution in [2.45, 2.75) is 38.5 Å². The first-order valence-corrected chi connectivity index (χ1v) is 5.25. The second kappa shape index (κ2) is 3.58. The quantitative estimate of drug-likeness (QED) is 0.421. The Balaban J connectivity index is 2.00. The highest BCUT2D eigenvalue weighted by Gasteiger charge is 2.36. The van der Waals surface area contributed by atoms with E-state index in [-0.39, 0.29) is 0 Å². The van der Waals surface area contributed by atoms with Crippen LogP contribution < -0.4 is 17.0 Å². The molecule has 0 spiro atoms. The molecule has 1 saturated carbocycles. The lowest BCUT2D eigenvalue weighted by atomic mass is 10.1. The summed E-state index contributed by atoms with van der Waals surface area (Å²) in [6, 6.07) is 0. The Morgan fingerprint density at radius 1 is 1.15 bits per heavy atom. The van der Waals surface area contributed by atoms with Crippen LogP contribution in [0.5, 0.6) is 0 Å². The molecular weight excluding hydrogens is 162 g/mol. The lowest BCUT2D eigenvalue weighted by molar-refractivity contribution is 0.591. The van der Waals surface area contributed by atoms with Crippen molar-refractivity contribution in [2.24, 2.45) is 23.4 Å². The van der Waals surface area contributed by atoms with E-state index in [9.17, 15) is 0 Å².